The summed E-state index contributed by atoms with van der Waals surface area (Å²) in [5.41, 5.74) is 0.808. The molecule has 4 aliphatic rings. The summed E-state index contributed by atoms with van der Waals surface area (Å²) in [6, 6.07) is 2.96. The summed E-state index contributed by atoms with van der Waals surface area (Å²) in [5, 5.41) is 19.1. The largest absolute Gasteiger partial charge is 0.495 e. The Balaban J connectivity index is 1.19. The first kappa shape index (κ1) is 37.9. The molecule has 2 aromatic heterocycles. The number of amides is 3. The summed E-state index contributed by atoms with van der Waals surface area (Å²) in [6.07, 6.45) is 2.04. The highest BCUT2D eigenvalue weighted by atomic mass is 35.5. The fraction of sp³-hybridized carbons (Fsp3) is 0.538. The van der Waals surface area contributed by atoms with Crippen LogP contribution in [-0.2, 0) is 19.1 Å². The van der Waals surface area contributed by atoms with Crippen LogP contribution in [0.15, 0.2) is 35.7 Å². The number of rotatable bonds is 13. The Morgan fingerprint density at radius 2 is 1.85 bits per heavy atom. The van der Waals surface area contributed by atoms with Crippen LogP contribution in [0.3, 0.4) is 0 Å². The molecule has 288 valence electrons. The number of aliphatic carboxylic acids is 1. The van der Waals surface area contributed by atoms with Crippen molar-refractivity contribution in [3.05, 3.63) is 46.4 Å². The fourth-order valence-corrected chi connectivity index (χ4v) is 9.24. The number of benzene rings is 1. The zero-order valence-corrected chi connectivity index (χ0v) is 32.6. The van der Waals surface area contributed by atoms with Gasteiger partial charge in [-0.1, -0.05) is 45.4 Å². The number of alkyl carbamates (subject to hydrolysis) is 1. The van der Waals surface area contributed by atoms with Gasteiger partial charge in [0.25, 0.3) is 0 Å². The SMILES string of the molecule is C=C(C)C(NC(=O)O[C@@H]1C[C@@H]2C[C@@H]2C1)C(=O)N1C[C@H](Oc2cc(-c3nc(C(C)C)cs3)nc3c(Cl)c(OC)ccc23)C[C@H]1C(=O)N[C@]1(C(=O)O)C[C@H]1CC. The van der Waals surface area contributed by atoms with Crippen molar-refractivity contribution in [1.29, 1.82) is 0 Å². The maximum Gasteiger partial charge on any atom is 0.408 e. The minimum absolute atomic E-state index is 0.0417. The highest BCUT2D eigenvalue weighted by Crippen LogP contribution is 2.52. The maximum atomic E-state index is 14.4. The second kappa shape index (κ2) is 14.7. The summed E-state index contributed by atoms with van der Waals surface area (Å²) < 4.78 is 17.8. The molecular weight excluding hydrogens is 734 g/mol. The van der Waals surface area contributed by atoms with Crippen molar-refractivity contribution >= 4 is 57.7 Å². The number of aromatic nitrogens is 2. The second-order valence-corrected chi connectivity index (χ2v) is 16.7. The van der Waals surface area contributed by atoms with E-state index >= 15 is 0 Å². The Morgan fingerprint density at radius 3 is 2.46 bits per heavy atom. The smallest absolute Gasteiger partial charge is 0.408 e. The number of carbonyl (C=O) groups excluding carboxylic acids is 3. The minimum Gasteiger partial charge on any atom is -0.495 e. The number of ether oxygens (including phenoxy) is 3. The number of fused-ring (bicyclic) bond motifs is 2. The topological polar surface area (TPSA) is 169 Å². The van der Waals surface area contributed by atoms with Crippen LogP contribution in [0.5, 0.6) is 11.5 Å². The van der Waals surface area contributed by atoms with Gasteiger partial charge in [0.2, 0.25) is 11.8 Å². The number of likely N-dealkylation sites (tertiary alicyclic amines) is 1. The van der Waals surface area contributed by atoms with E-state index in [1.54, 1.807) is 25.1 Å². The number of thiazole rings is 1. The van der Waals surface area contributed by atoms with E-state index in [1.165, 1.54) is 29.8 Å². The average molecular weight is 780 g/mol. The highest BCUT2D eigenvalue weighted by Gasteiger charge is 2.61. The van der Waals surface area contributed by atoms with Crippen molar-refractivity contribution in [2.24, 2.45) is 17.8 Å². The first-order chi connectivity index (χ1) is 25.7. The van der Waals surface area contributed by atoms with Crippen molar-refractivity contribution < 1.29 is 38.5 Å². The Morgan fingerprint density at radius 1 is 1.11 bits per heavy atom. The lowest BCUT2D eigenvalue weighted by molar-refractivity contribution is -0.145. The van der Waals surface area contributed by atoms with Crippen molar-refractivity contribution in [3.8, 4) is 22.2 Å². The number of methoxy groups -OCH3 is 1. The Hall–Kier alpha value is -4.43. The predicted molar refractivity (Wildman–Crippen MR) is 203 cm³/mol. The van der Waals surface area contributed by atoms with Gasteiger partial charge >= 0.3 is 12.1 Å². The van der Waals surface area contributed by atoms with E-state index in [4.69, 9.17) is 35.8 Å². The van der Waals surface area contributed by atoms with Gasteiger partial charge in [0.05, 0.1) is 24.9 Å². The van der Waals surface area contributed by atoms with Crippen LogP contribution in [0.4, 0.5) is 4.79 Å². The molecule has 4 fully saturated rings. The molecule has 3 N–H and O–H groups in total. The Bertz CT molecular complexity index is 2010. The van der Waals surface area contributed by atoms with E-state index in [9.17, 15) is 24.3 Å². The molecule has 1 aliphatic heterocycles. The summed E-state index contributed by atoms with van der Waals surface area (Å²) in [6.45, 7) is 11.5. The van der Waals surface area contributed by atoms with E-state index in [2.05, 4.69) is 31.1 Å². The summed E-state index contributed by atoms with van der Waals surface area (Å²) >= 11 is 8.24. The molecule has 0 radical (unpaired) electrons. The standard InChI is InChI=1S/C39H46ClN5O8S/c1-7-22-15-39(22,37(48)49)44-34(46)28-13-24(16-45(28)36(47)32(19(4)5)43-38(50)53-23-11-20-10-21(20)12-23)52-30-14-26(35-42-27(17-54-35)18(2)3)41-33-25(30)8-9-29(51-6)31(33)40/h8-9,14,17-18,20-24,28,32H,4,7,10-13,15-16H2,1-3,5-6H3,(H,43,50)(H,44,46)(H,48,49)/t20-,21+,22-,23+,24-,28+,32?,39-/m1/s1. The number of hydrogen-bond donors (Lipinski definition) is 3. The van der Waals surface area contributed by atoms with Gasteiger partial charge in [-0.3, -0.25) is 9.59 Å². The van der Waals surface area contributed by atoms with Crippen LogP contribution >= 0.6 is 22.9 Å². The molecule has 13 nitrogen and oxygen atoms in total. The van der Waals surface area contributed by atoms with Crippen LogP contribution in [0.1, 0.15) is 77.8 Å². The number of carboxylic acid groups (broad SMARTS) is 1. The molecule has 7 rings (SSSR count). The predicted octanol–water partition coefficient (Wildman–Crippen LogP) is 6.33. The number of carboxylic acids is 1. The molecule has 3 saturated carbocycles. The molecule has 3 aromatic rings. The Kier molecular flexibility index (Phi) is 10.3. The number of hydrogen-bond acceptors (Lipinski definition) is 10. The van der Waals surface area contributed by atoms with Crippen LogP contribution in [0.2, 0.25) is 5.02 Å². The molecular formula is C39H46ClN5O8S. The number of halogens is 1. The van der Waals surface area contributed by atoms with Gasteiger partial charge in [0.15, 0.2) is 0 Å². The zero-order valence-electron chi connectivity index (χ0n) is 31.0. The molecule has 15 heteroatoms. The number of carbonyl (C=O) groups is 4. The molecule has 1 aromatic carbocycles. The van der Waals surface area contributed by atoms with Gasteiger partial charge in [-0.25, -0.2) is 19.6 Å². The quantitative estimate of drug-likeness (QED) is 0.167. The normalized spacial score (nSPS) is 27.3. The summed E-state index contributed by atoms with van der Waals surface area (Å²) in [5.74, 6) is -0.313. The number of nitrogens with zero attached hydrogens (tertiary/aromatic N) is 3. The lowest BCUT2D eigenvalue weighted by Gasteiger charge is -2.29. The van der Waals surface area contributed by atoms with Gasteiger partial charge in [0, 0.05) is 23.3 Å². The van der Waals surface area contributed by atoms with Crippen LogP contribution in [0.25, 0.3) is 21.6 Å². The molecule has 3 amide bonds. The monoisotopic (exact) mass is 779 g/mol. The third kappa shape index (κ3) is 7.22. The van der Waals surface area contributed by atoms with Gasteiger partial charge in [-0.05, 0) is 74.0 Å². The molecule has 1 unspecified atom stereocenters. The first-order valence-corrected chi connectivity index (χ1v) is 19.8. The van der Waals surface area contributed by atoms with E-state index in [0.29, 0.717) is 63.4 Å². The van der Waals surface area contributed by atoms with E-state index in [-0.39, 0.29) is 35.9 Å². The average Bonchev–Trinajstić information content (AvgIpc) is 3.77. The van der Waals surface area contributed by atoms with Gasteiger partial charge < -0.3 is 34.9 Å². The molecule has 54 heavy (non-hydrogen) atoms. The number of nitrogens with one attached hydrogen (secondary N) is 2. The molecule has 3 aliphatic carbocycles. The van der Waals surface area contributed by atoms with Gasteiger partial charge in [0.1, 0.15) is 57.1 Å². The van der Waals surface area contributed by atoms with Crippen LogP contribution in [0, 0.1) is 17.8 Å². The molecule has 3 heterocycles. The minimum atomic E-state index is -1.41. The van der Waals surface area contributed by atoms with E-state index in [1.807, 2.05) is 12.3 Å². The third-order valence-corrected chi connectivity index (χ3v) is 12.6. The molecule has 0 spiro atoms. The lowest BCUT2D eigenvalue weighted by Crippen LogP contribution is -2.56. The van der Waals surface area contributed by atoms with Crippen LogP contribution < -0.4 is 20.1 Å². The fourth-order valence-electron chi connectivity index (χ4n) is 8.01. The van der Waals surface area contributed by atoms with Gasteiger partial charge in [-0.2, -0.15) is 0 Å². The highest BCUT2D eigenvalue weighted by molar-refractivity contribution is 7.13. The molecule has 1 saturated heterocycles. The van der Waals surface area contributed by atoms with Gasteiger partial charge in [-0.15, -0.1) is 11.3 Å². The maximum absolute atomic E-state index is 14.4. The van der Waals surface area contributed by atoms with E-state index in [0.717, 1.165) is 18.5 Å². The van der Waals surface area contributed by atoms with E-state index < -0.39 is 47.6 Å². The summed E-state index contributed by atoms with van der Waals surface area (Å²) in [7, 11) is 1.52. The Labute approximate surface area is 322 Å². The summed E-state index contributed by atoms with van der Waals surface area (Å²) in [4.78, 5) is 64.9. The van der Waals surface area contributed by atoms with Crippen molar-refractivity contribution in [2.45, 2.75) is 102 Å². The first-order valence-electron chi connectivity index (χ1n) is 18.5. The lowest BCUT2D eigenvalue weighted by atomic mass is 10.1. The van der Waals surface area contributed by atoms with Crippen molar-refractivity contribution in [3.63, 3.8) is 0 Å². The second-order valence-electron chi connectivity index (χ2n) is 15.5. The number of pyridine rings is 1. The molecule has 8 atom stereocenters. The van der Waals surface area contributed by atoms with Crippen LogP contribution in [-0.4, -0.2) is 87.3 Å². The van der Waals surface area contributed by atoms with Crippen molar-refractivity contribution in [2.75, 3.05) is 13.7 Å². The van der Waals surface area contributed by atoms with Crippen molar-refractivity contribution in [1.82, 2.24) is 25.5 Å². The third-order valence-electron chi connectivity index (χ3n) is 11.3. The molecule has 0 bridgehead atoms. The zero-order chi connectivity index (χ0) is 38.6.